The summed E-state index contributed by atoms with van der Waals surface area (Å²) in [6.45, 7) is 2.59. The molecule has 0 saturated carbocycles. The number of nitrogens with zero attached hydrogens (tertiary/aromatic N) is 1. The minimum absolute atomic E-state index is 0.490. The molecular formula is C12H15N3. The topological polar surface area (TPSA) is 54.7 Å². The number of H-pyrrole nitrogens is 1. The van der Waals surface area contributed by atoms with E-state index in [1.165, 1.54) is 11.1 Å². The molecule has 0 fully saturated rings. The van der Waals surface area contributed by atoms with Gasteiger partial charge >= 0.3 is 0 Å². The van der Waals surface area contributed by atoms with Crippen LogP contribution in [0.3, 0.4) is 0 Å². The first-order valence-corrected chi connectivity index (χ1v) is 5.06. The Morgan fingerprint density at radius 1 is 1.33 bits per heavy atom. The van der Waals surface area contributed by atoms with E-state index in [1.807, 2.05) is 6.07 Å². The normalized spacial score (nSPS) is 10.5. The predicted molar refractivity (Wildman–Crippen MR) is 60.5 cm³/mol. The summed E-state index contributed by atoms with van der Waals surface area (Å²) in [5, 5.41) is 7.10. The number of nitrogens with one attached hydrogen (secondary N) is 1. The minimum atomic E-state index is 0.490. The molecule has 3 nitrogen and oxygen atoms in total. The zero-order chi connectivity index (χ0) is 10.7. The van der Waals surface area contributed by atoms with Gasteiger partial charge in [-0.15, -0.1) is 0 Å². The van der Waals surface area contributed by atoms with Gasteiger partial charge < -0.3 is 5.73 Å². The first-order valence-electron chi connectivity index (χ1n) is 5.06. The van der Waals surface area contributed by atoms with Crippen molar-refractivity contribution in [2.45, 2.75) is 19.9 Å². The summed E-state index contributed by atoms with van der Waals surface area (Å²) in [5.41, 5.74) is 10.1. The zero-order valence-electron chi connectivity index (χ0n) is 8.83. The molecule has 15 heavy (non-hydrogen) atoms. The van der Waals surface area contributed by atoms with Crippen molar-refractivity contribution in [3.63, 3.8) is 0 Å². The fourth-order valence-electron chi connectivity index (χ4n) is 1.65. The molecule has 2 rings (SSSR count). The molecule has 3 heteroatoms. The van der Waals surface area contributed by atoms with Gasteiger partial charge in [-0.25, -0.2) is 0 Å². The lowest BCUT2D eigenvalue weighted by Gasteiger charge is -1.99. The quantitative estimate of drug-likeness (QED) is 0.795. The highest BCUT2D eigenvalue weighted by Crippen LogP contribution is 2.10. The molecular weight excluding hydrogens is 186 g/mol. The summed E-state index contributed by atoms with van der Waals surface area (Å²) >= 11 is 0. The van der Waals surface area contributed by atoms with E-state index in [9.17, 15) is 0 Å². The number of benzene rings is 1. The van der Waals surface area contributed by atoms with Crippen LogP contribution in [0.15, 0.2) is 30.3 Å². The fourth-order valence-corrected chi connectivity index (χ4v) is 1.65. The van der Waals surface area contributed by atoms with Crippen LogP contribution in [0, 0.1) is 6.92 Å². The SMILES string of the molecule is Cc1cccc(Cc2cc(CN)n[nH]2)c1. The van der Waals surface area contributed by atoms with Gasteiger partial charge in [0.15, 0.2) is 0 Å². The Labute approximate surface area is 89.3 Å². The number of aromatic amines is 1. The molecule has 0 aliphatic heterocycles. The molecule has 78 valence electrons. The summed E-state index contributed by atoms with van der Waals surface area (Å²) in [7, 11) is 0. The molecule has 0 unspecified atom stereocenters. The van der Waals surface area contributed by atoms with Gasteiger partial charge in [-0.2, -0.15) is 5.10 Å². The molecule has 1 aromatic heterocycles. The number of aromatic nitrogens is 2. The molecule has 0 aliphatic carbocycles. The van der Waals surface area contributed by atoms with Crippen LogP contribution in [0.25, 0.3) is 0 Å². The summed E-state index contributed by atoms with van der Waals surface area (Å²) in [6, 6.07) is 10.5. The van der Waals surface area contributed by atoms with E-state index in [-0.39, 0.29) is 0 Å². The Morgan fingerprint density at radius 2 is 2.20 bits per heavy atom. The molecule has 3 N–H and O–H groups in total. The largest absolute Gasteiger partial charge is 0.325 e. The number of nitrogens with two attached hydrogens (primary N) is 1. The molecule has 0 atom stereocenters. The summed E-state index contributed by atoms with van der Waals surface area (Å²) < 4.78 is 0. The van der Waals surface area contributed by atoms with Crippen molar-refractivity contribution in [2.75, 3.05) is 0 Å². The third-order valence-electron chi connectivity index (χ3n) is 2.37. The number of hydrogen-bond donors (Lipinski definition) is 2. The van der Waals surface area contributed by atoms with Crippen molar-refractivity contribution in [2.24, 2.45) is 5.73 Å². The highest BCUT2D eigenvalue weighted by atomic mass is 15.1. The van der Waals surface area contributed by atoms with Gasteiger partial charge in [-0.05, 0) is 18.6 Å². The van der Waals surface area contributed by atoms with Crippen molar-refractivity contribution >= 4 is 0 Å². The highest BCUT2D eigenvalue weighted by Gasteiger charge is 2.00. The Balaban J connectivity index is 2.14. The maximum atomic E-state index is 5.50. The molecule has 0 bridgehead atoms. The third kappa shape index (κ3) is 2.44. The Kier molecular flexibility index (Phi) is 2.83. The van der Waals surface area contributed by atoms with Crippen molar-refractivity contribution in [1.82, 2.24) is 10.2 Å². The Morgan fingerprint density at radius 3 is 2.87 bits per heavy atom. The molecule has 0 amide bonds. The average Bonchev–Trinajstić information content (AvgIpc) is 2.65. The standard InChI is InChI=1S/C12H15N3/c1-9-3-2-4-10(5-9)6-11-7-12(8-13)15-14-11/h2-5,7H,6,8,13H2,1H3,(H,14,15). The van der Waals surface area contributed by atoms with Gasteiger partial charge in [0.05, 0.1) is 5.69 Å². The van der Waals surface area contributed by atoms with Crippen LogP contribution in [0.4, 0.5) is 0 Å². The maximum Gasteiger partial charge on any atom is 0.0760 e. The van der Waals surface area contributed by atoms with Gasteiger partial charge in [-0.1, -0.05) is 29.8 Å². The average molecular weight is 201 g/mol. The molecule has 0 aliphatic rings. The second-order valence-corrected chi connectivity index (χ2v) is 3.75. The van der Waals surface area contributed by atoms with Crippen molar-refractivity contribution in [3.8, 4) is 0 Å². The Hall–Kier alpha value is -1.61. The van der Waals surface area contributed by atoms with Crippen LogP contribution in [0.5, 0.6) is 0 Å². The van der Waals surface area contributed by atoms with E-state index in [0.717, 1.165) is 17.8 Å². The number of hydrogen-bond acceptors (Lipinski definition) is 2. The number of rotatable bonds is 3. The summed E-state index contributed by atoms with van der Waals surface area (Å²) in [6.07, 6.45) is 0.884. The van der Waals surface area contributed by atoms with Crippen LogP contribution in [0.1, 0.15) is 22.5 Å². The first kappa shape index (κ1) is 9.93. The van der Waals surface area contributed by atoms with Gasteiger partial charge in [0.2, 0.25) is 0 Å². The van der Waals surface area contributed by atoms with Crippen molar-refractivity contribution in [1.29, 1.82) is 0 Å². The fraction of sp³-hybridized carbons (Fsp3) is 0.250. The van der Waals surface area contributed by atoms with Crippen LogP contribution >= 0.6 is 0 Å². The lowest BCUT2D eigenvalue weighted by Crippen LogP contribution is -1.95. The zero-order valence-corrected chi connectivity index (χ0v) is 8.83. The highest BCUT2D eigenvalue weighted by molar-refractivity contribution is 5.26. The lowest BCUT2D eigenvalue weighted by molar-refractivity contribution is 0.928. The van der Waals surface area contributed by atoms with Crippen LogP contribution in [0.2, 0.25) is 0 Å². The van der Waals surface area contributed by atoms with Gasteiger partial charge in [0.1, 0.15) is 0 Å². The molecule has 0 saturated heterocycles. The third-order valence-corrected chi connectivity index (χ3v) is 2.37. The number of aryl methyl sites for hydroxylation is 1. The molecule has 0 radical (unpaired) electrons. The molecule has 2 aromatic rings. The van der Waals surface area contributed by atoms with Gasteiger partial charge in [-0.3, -0.25) is 5.10 Å². The van der Waals surface area contributed by atoms with Crippen molar-refractivity contribution in [3.05, 3.63) is 52.8 Å². The molecule has 1 aromatic carbocycles. The van der Waals surface area contributed by atoms with Gasteiger partial charge in [0.25, 0.3) is 0 Å². The summed E-state index contributed by atoms with van der Waals surface area (Å²) in [4.78, 5) is 0. The second-order valence-electron chi connectivity index (χ2n) is 3.75. The second kappa shape index (κ2) is 4.28. The van der Waals surface area contributed by atoms with Crippen LogP contribution < -0.4 is 5.73 Å². The Bertz CT molecular complexity index is 446. The van der Waals surface area contributed by atoms with Crippen molar-refractivity contribution < 1.29 is 0 Å². The molecule has 1 heterocycles. The minimum Gasteiger partial charge on any atom is -0.325 e. The van der Waals surface area contributed by atoms with E-state index >= 15 is 0 Å². The van der Waals surface area contributed by atoms with E-state index in [0.29, 0.717) is 6.54 Å². The lowest BCUT2D eigenvalue weighted by atomic mass is 10.1. The van der Waals surface area contributed by atoms with Gasteiger partial charge in [0, 0.05) is 18.7 Å². The smallest absolute Gasteiger partial charge is 0.0760 e. The predicted octanol–water partition coefficient (Wildman–Crippen LogP) is 1.77. The van der Waals surface area contributed by atoms with E-state index in [1.54, 1.807) is 0 Å². The molecule has 0 spiro atoms. The van der Waals surface area contributed by atoms with E-state index in [2.05, 4.69) is 41.4 Å². The van der Waals surface area contributed by atoms with E-state index < -0.39 is 0 Å². The monoisotopic (exact) mass is 201 g/mol. The maximum absolute atomic E-state index is 5.50. The van der Waals surface area contributed by atoms with E-state index in [4.69, 9.17) is 5.73 Å². The van der Waals surface area contributed by atoms with Crippen LogP contribution in [-0.4, -0.2) is 10.2 Å². The first-order chi connectivity index (χ1) is 7.28. The summed E-state index contributed by atoms with van der Waals surface area (Å²) in [5.74, 6) is 0. The van der Waals surface area contributed by atoms with Crippen LogP contribution in [-0.2, 0) is 13.0 Å².